The summed E-state index contributed by atoms with van der Waals surface area (Å²) in [6.45, 7) is 0. The van der Waals surface area contributed by atoms with E-state index >= 15 is 0 Å². The van der Waals surface area contributed by atoms with Gasteiger partial charge in [-0.3, -0.25) is 15.0 Å². The van der Waals surface area contributed by atoms with Gasteiger partial charge in [-0.05, 0) is 139 Å². The molecule has 2 heterocycles. The summed E-state index contributed by atoms with van der Waals surface area (Å²) in [6.07, 6.45) is 7.12. The number of benzene rings is 7. The summed E-state index contributed by atoms with van der Waals surface area (Å²) in [5, 5.41) is 97.1. The summed E-state index contributed by atoms with van der Waals surface area (Å²) in [7, 11) is 1.61. The highest BCUT2D eigenvalue weighted by Gasteiger charge is 2.10. The summed E-state index contributed by atoms with van der Waals surface area (Å²) < 4.78 is 6.01. The largest absolute Gasteiger partial charge is 0.507 e. The van der Waals surface area contributed by atoms with Crippen LogP contribution in [-0.2, 0) is 0 Å². The molecular weight excluding hydrogens is 1200 g/mol. The van der Waals surface area contributed by atoms with Gasteiger partial charge in [0.15, 0.2) is 45.5 Å². The molecule has 0 aliphatic carbocycles. The number of nitrogens with one attached hydrogen (secondary N) is 4. The smallest absolute Gasteiger partial charge is 0.275 e. The second-order valence-electron chi connectivity index (χ2n) is 16.2. The van der Waals surface area contributed by atoms with Crippen LogP contribution in [0.5, 0.6) is 46.0 Å². The van der Waals surface area contributed by atoms with E-state index in [0.29, 0.717) is 49.4 Å². The maximum Gasteiger partial charge on any atom is 0.275 e. The minimum Gasteiger partial charge on any atom is -0.507 e. The predicted octanol–water partition coefficient (Wildman–Crippen LogP) is 10.5. The molecule has 7 aromatic carbocycles. The molecule has 0 saturated heterocycles. The number of hydrazone groups is 4. The molecule has 0 saturated carbocycles. The van der Waals surface area contributed by atoms with Gasteiger partial charge >= 0.3 is 0 Å². The first-order valence-electron chi connectivity index (χ1n) is 23.6. The molecule has 0 radical (unpaired) electrons. The summed E-state index contributed by atoms with van der Waals surface area (Å²) in [6, 6.07) is 41.9. The van der Waals surface area contributed by atoms with Gasteiger partial charge in [-0.25, -0.2) is 21.3 Å². The lowest BCUT2D eigenvalue weighted by molar-refractivity contribution is 0.0945. The number of methoxy groups -OCH3 is 1. The number of phenols is 7. The van der Waals surface area contributed by atoms with E-state index in [-0.39, 0.29) is 62.8 Å². The number of amides is 2. The molecule has 0 bridgehead atoms. The van der Waals surface area contributed by atoms with Gasteiger partial charge in [0.2, 0.25) is 0 Å². The molecule has 0 atom stereocenters. The van der Waals surface area contributed by atoms with Crippen molar-refractivity contribution in [3.63, 3.8) is 0 Å². The van der Waals surface area contributed by atoms with E-state index in [4.69, 9.17) is 44.6 Å². The second kappa shape index (κ2) is 31.4. The van der Waals surface area contributed by atoms with Crippen LogP contribution in [0, 0.1) is 0 Å². The molecule has 0 spiro atoms. The highest BCUT2D eigenvalue weighted by Crippen LogP contribution is 2.28. The number of ether oxygens (including phenoxy) is 1. The predicted molar refractivity (Wildman–Crippen MR) is 319 cm³/mol. The Morgan fingerprint density at radius 2 is 1.16 bits per heavy atom. The normalized spacial score (nSPS) is 10.7. The summed E-state index contributed by atoms with van der Waals surface area (Å²) in [4.78, 5) is 27.8. The fraction of sp³-hybridized carbons (Fsp3) is 0.0179. The van der Waals surface area contributed by atoms with Crippen LogP contribution in [0.4, 0.5) is 11.8 Å². The molecule has 2 aromatic heterocycles. The minimum atomic E-state index is -0.516. The highest BCUT2D eigenvalue weighted by molar-refractivity contribution is 9.10. The summed E-state index contributed by atoms with van der Waals surface area (Å²) >= 11 is 20.7. The first kappa shape index (κ1) is 61.8. The zero-order valence-electron chi connectivity index (χ0n) is 42.8. The SMILES string of the molecule is COc1ccc(-c2cnnc(N/N=C/c3ccc(O)c(O)c3)n2)cc1.O=C(N/N=C/c1ccc(O)c(O)c1)c1ccc(Br)cc1.O=C(N/N=C/c1cccc(Cl)c1Cl)c1ccccc1O.Oc1cccc(/C=N/Nc2ccc(Cl)nn2)c1O. The highest BCUT2D eigenvalue weighted by atomic mass is 79.9. The molecule has 0 unspecified atom stereocenters. The van der Waals surface area contributed by atoms with Crippen molar-refractivity contribution in [1.82, 2.24) is 36.2 Å². The standard InChI is InChI=1S/C17H15N5O3.C14H11BrN2O3.C14H10Cl2N2O2.C11H9ClN4O2/c1-25-13-5-3-12(4-6-13)14-10-19-22-17(20-14)21-18-9-11-2-7-15(23)16(24)8-11;15-11-4-2-10(3-5-11)14(20)17-16-8-9-1-6-12(18)13(19)7-9;15-11-6-3-4-9(13(11)16)8-17-18-14(20)10-5-1-2-7-12(10)19;12-9-4-5-10(16-14-9)15-13-6-7-2-1-3-8(17)11(7)18/h2-10,23-24H,1H3,(H,20,21,22);1-8,18-19H,(H,17,20);1-8,19H,(H,18,20);1-6,17-18H,(H,15,16)/b18-9+;16-8+;17-8+;13-6+. The Labute approximate surface area is 495 Å². The average molecular weight is 1250 g/mol. The van der Waals surface area contributed by atoms with Crippen LogP contribution >= 0.6 is 50.7 Å². The van der Waals surface area contributed by atoms with Crippen molar-refractivity contribution in [3.05, 3.63) is 217 Å². The minimum absolute atomic E-state index is 0.110. The van der Waals surface area contributed by atoms with Crippen molar-refractivity contribution in [3.8, 4) is 57.3 Å². The fourth-order valence-corrected chi connectivity index (χ4v) is 6.91. The third kappa shape index (κ3) is 19.7. The van der Waals surface area contributed by atoms with Crippen LogP contribution in [0.15, 0.2) is 189 Å². The Bertz CT molecular complexity index is 3770. The molecule has 0 aliphatic rings. The Kier molecular flexibility index (Phi) is 23.4. The van der Waals surface area contributed by atoms with Crippen LogP contribution in [0.25, 0.3) is 11.3 Å². The molecule has 11 N–H and O–H groups in total. The molecule has 9 aromatic rings. The van der Waals surface area contributed by atoms with Crippen molar-refractivity contribution in [2.75, 3.05) is 18.0 Å². The molecule has 83 heavy (non-hydrogen) atoms. The topological polar surface area (TPSA) is 347 Å². The van der Waals surface area contributed by atoms with E-state index in [1.54, 1.807) is 104 Å². The third-order valence-corrected chi connectivity index (χ3v) is 11.9. The number of halogens is 4. The molecule has 9 rings (SSSR count). The van der Waals surface area contributed by atoms with Gasteiger partial charge in [0, 0.05) is 26.7 Å². The lowest BCUT2D eigenvalue weighted by Crippen LogP contribution is -2.17. The van der Waals surface area contributed by atoms with Gasteiger partial charge in [-0.1, -0.05) is 81.1 Å². The number of aromatic nitrogens is 5. The number of phenolic OH excluding ortho intramolecular Hbond substituents is 7. The van der Waals surface area contributed by atoms with E-state index in [1.165, 1.54) is 67.3 Å². The van der Waals surface area contributed by atoms with Crippen LogP contribution < -0.4 is 26.4 Å². The zero-order valence-corrected chi connectivity index (χ0v) is 46.6. The van der Waals surface area contributed by atoms with Gasteiger partial charge in [0.1, 0.15) is 11.5 Å². The van der Waals surface area contributed by atoms with E-state index in [2.05, 4.69) is 83.4 Å². The van der Waals surface area contributed by atoms with E-state index in [1.807, 2.05) is 24.3 Å². The summed E-state index contributed by atoms with van der Waals surface area (Å²) in [5.41, 5.74) is 14.2. The van der Waals surface area contributed by atoms with Gasteiger partial charge in [0.05, 0.1) is 59.5 Å². The molecule has 0 aliphatic heterocycles. The van der Waals surface area contributed by atoms with E-state index in [9.17, 15) is 40.2 Å². The molecule has 23 nitrogen and oxygen atoms in total. The van der Waals surface area contributed by atoms with E-state index in [0.717, 1.165) is 15.8 Å². The van der Waals surface area contributed by atoms with Crippen LogP contribution in [0.3, 0.4) is 0 Å². The maximum absolute atomic E-state index is 11.8. The Morgan fingerprint density at radius 1 is 0.554 bits per heavy atom. The molecular formula is C56H45BrCl3N13O10. The Hall–Kier alpha value is -10.4. The third-order valence-electron chi connectivity index (χ3n) is 10.4. The molecule has 422 valence electrons. The molecule has 2 amide bonds. The van der Waals surface area contributed by atoms with Crippen LogP contribution in [0.2, 0.25) is 15.2 Å². The van der Waals surface area contributed by atoms with Crippen molar-refractivity contribution in [1.29, 1.82) is 0 Å². The van der Waals surface area contributed by atoms with Crippen LogP contribution in [0.1, 0.15) is 43.0 Å². The number of para-hydroxylation sites is 2. The first-order valence-corrected chi connectivity index (χ1v) is 25.5. The lowest BCUT2D eigenvalue weighted by atomic mass is 10.1. The van der Waals surface area contributed by atoms with Gasteiger partial charge in [0.25, 0.3) is 17.8 Å². The number of aromatic hydroxyl groups is 7. The fourth-order valence-electron chi connectivity index (χ4n) is 6.19. The van der Waals surface area contributed by atoms with Gasteiger partial charge in [-0.15, -0.1) is 15.3 Å². The van der Waals surface area contributed by atoms with Gasteiger partial charge in [-0.2, -0.15) is 25.5 Å². The Morgan fingerprint density at radius 3 is 1.81 bits per heavy atom. The zero-order chi connectivity index (χ0) is 59.7. The molecule has 27 heteroatoms. The van der Waals surface area contributed by atoms with Crippen molar-refractivity contribution in [2.45, 2.75) is 0 Å². The number of hydrogen-bond acceptors (Lipinski definition) is 21. The second-order valence-corrected chi connectivity index (χ2v) is 18.2. The maximum atomic E-state index is 11.8. The monoisotopic (exact) mass is 1240 g/mol. The first-order chi connectivity index (χ1) is 40.0. The number of nitrogens with zero attached hydrogens (tertiary/aromatic N) is 9. The van der Waals surface area contributed by atoms with Crippen LogP contribution in [-0.4, -0.2) is 105 Å². The number of hydrogen-bond donors (Lipinski definition) is 11. The number of rotatable bonds is 14. The van der Waals surface area contributed by atoms with Gasteiger partial charge < -0.3 is 40.5 Å². The lowest BCUT2D eigenvalue weighted by Gasteiger charge is -2.04. The number of carbonyl (C=O) groups is 2. The Balaban J connectivity index is 0.000000179. The molecule has 0 fully saturated rings. The van der Waals surface area contributed by atoms with Crippen molar-refractivity contribution in [2.24, 2.45) is 20.4 Å². The quantitative estimate of drug-likeness (QED) is 0.0274. The summed E-state index contributed by atoms with van der Waals surface area (Å²) in [5.74, 6) is -0.859. The van der Waals surface area contributed by atoms with Crippen molar-refractivity contribution < 1.29 is 50.1 Å². The van der Waals surface area contributed by atoms with E-state index < -0.39 is 5.91 Å². The number of anilines is 2. The number of carbonyl (C=O) groups excluding carboxylic acids is 2. The van der Waals surface area contributed by atoms with Crippen molar-refractivity contribution >= 4 is 99.2 Å². The average Bonchev–Trinajstić information content (AvgIpc) is 3.48.